The minimum atomic E-state index is -0.274. The van der Waals surface area contributed by atoms with Gasteiger partial charge in [0.2, 0.25) is 0 Å². The minimum Gasteiger partial charge on any atom is -0.462 e. The Balaban J connectivity index is 2.12. The third-order valence-corrected chi connectivity index (χ3v) is 3.59. The van der Waals surface area contributed by atoms with Crippen LogP contribution in [0.4, 0.5) is 0 Å². The van der Waals surface area contributed by atoms with E-state index >= 15 is 0 Å². The predicted octanol–water partition coefficient (Wildman–Crippen LogP) is 0.697. The van der Waals surface area contributed by atoms with Gasteiger partial charge in [0.15, 0.2) is 0 Å². The molecule has 1 unspecified atom stereocenters. The summed E-state index contributed by atoms with van der Waals surface area (Å²) in [6, 6.07) is 0.472. The molecule has 0 amide bonds. The molecule has 0 spiro atoms. The SMILES string of the molecule is CC(I)C(=O)OCCOC(=O)C1CCC([NH3+])CC1. The van der Waals surface area contributed by atoms with Gasteiger partial charge in [0.1, 0.15) is 17.1 Å². The van der Waals surface area contributed by atoms with E-state index in [2.05, 4.69) is 5.73 Å². The fraction of sp³-hybridized carbons (Fsp3) is 0.833. The Morgan fingerprint density at radius 1 is 1.22 bits per heavy atom. The van der Waals surface area contributed by atoms with Crippen molar-refractivity contribution in [2.24, 2.45) is 5.92 Å². The molecule has 0 radical (unpaired) electrons. The van der Waals surface area contributed by atoms with Crippen LogP contribution in [0.15, 0.2) is 0 Å². The molecule has 0 aliphatic heterocycles. The van der Waals surface area contributed by atoms with Crippen LogP contribution in [-0.2, 0) is 19.1 Å². The van der Waals surface area contributed by atoms with Gasteiger partial charge in [-0.25, -0.2) is 0 Å². The number of hydrogen-bond acceptors (Lipinski definition) is 4. The Bertz CT molecular complexity index is 288. The second-order valence-electron chi connectivity index (χ2n) is 4.67. The monoisotopic (exact) mass is 370 g/mol. The zero-order valence-corrected chi connectivity index (χ0v) is 12.9. The Morgan fingerprint density at radius 2 is 1.78 bits per heavy atom. The molecule has 18 heavy (non-hydrogen) atoms. The number of ether oxygens (including phenoxy) is 2. The van der Waals surface area contributed by atoms with Gasteiger partial charge in [0, 0.05) is 12.8 Å². The number of alkyl halides is 1. The van der Waals surface area contributed by atoms with E-state index in [0.29, 0.717) is 6.04 Å². The van der Waals surface area contributed by atoms with Crippen LogP contribution in [-0.4, -0.2) is 35.1 Å². The third-order valence-electron chi connectivity index (χ3n) is 3.08. The van der Waals surface area contributed by atoms with Gasteiger partial charge in [-0.1, -0.05) is 22.6 Å². The highest BCUT2D eigenvalue weighted by atomic mass is 127. The molecule has 1 aliphatic carbocycles. The zero-order valence-electron chi connectivity index (χ0n) is 10.7. The fourth-order valence-electron chi connectivity index (χ4n) is 1.92. The van der Waals surface area contributed by atoms with Gasteiger partial charge >= 0.3 is 11.9 Å². The van der Waals surface area contributed by atoms with Crippen LogP contribution in [0.25, 0.3) is 0 Å². The first-order valence-corrected chi connectivity index (χ1v) is 7.55. The number of halogens is 1. The molecule has 104 valence electrons. The standard InChI is InChI=1S/C12H20INO4/c1-8(13)11(15)17-6-7-18-12(16)9-2-4-10(14)5-3-9/h8-10H,2-7,14H2,1H3/p+1. The average Bonchev–Trinajstić information content (AvgIpc) is 2.34. The topological polar surface area (TPSA) is 80.2 Å². The lowest BCUT2D eigenvalue weighted by Gasteiger charge is -2.22. The highest BCUT2D eigenvalue weighted by molar-refractivity contribution is 14.1. The molecule has 3 N–H and O–H groups in total. The fourth-order valence-corrected chi connectivity index (χ4v) is 2.10. The van der Waals surface area contributed by atoms with Crippen LogP contribution in [0.3, 0.4) is 0 Å². The van der Waals surface area contributed by atoms with E-state index in [0.717, 1.165) is 25.7 Å². The van der Waals surface area contributed by atoms with Crippen LogP contribution in [0.1, 0.15) is 32.6 Å². The van der Waals surface area contributed by atoms with E-state index in [-0.39, 0.29) is 35.0 Å². The molecule has 1 saturated carbocycles. The van der Waals surface area contributed by atoms with Crippen LogP contribution in [0, 0.1) is 5.92 Å². The summed E-state index contributed by atoms with van der Waals surface area (Å²) in [5.74, 6) is -0.438. The number of carbonyl (C=O) groups excluding carboxylic acids is 2. The first-order valence-electron chi connectivity index (χ1n) is 6.31. The molecule has 0 bridgehead atoms. The van der Waals surface area contributed by atoms with Gasteiger partial charge < -0.3 is 15.2 Å². The second kappa shape index (κ2) is 7.93. The Hall–Kier alpha value is -0.370. The highest BCUT2D eigenvalue weighted by Gasteiger charge is 2.27. The molecule has 0 aromatic rings. The molecule has 1 rings (SSSR count). The number of carbonyl (C=O) groups is 2. The molecule has 0 saturated heterocycles. The van der Waals surface area contributed by atoms with Crippen molar-refractivity contribution in [2.45, 2.75) is 42.6 Å². The van der Waals surface area contributed by atoms with E-state index in [1.54, 1.807) is 6.92 Å². The first-order chi connectivity index (χ1) is 8.50. The normalized spacial score (nSPS) is 25.3. The summed E-state index contributed by atoms with van der Waals surface area (Å²) in [6.45, 7) is 2.05. The van der Waals surface area contributed by atoms with Gasteiger partial charge in [-0.05, 0) is 19.8 Å². The first kappa shape index (κ1) is 15.7. The van der Waals surface area contributed by atoms with Gasteiger partial charge in [-0.2, -0.15) is 0 Å². The molecule has 0 aromatic heterocycles. The zero-order chi connectivity index (χ0) is 13.5. The molecule has 0 aromatic carbocycles. The van der Waals surface area contributed by atoms with E-state index < -0.39 is 0 Å². The van der Waals surface area contributed by atoms with E-state index in [9.17, 15) is 9.59 Å². The quantitative estimate of drug-likeness (QED) is 0.334. The number of hydrogen-bond donors (Lipinski definition) is 1. The highest BCUT2D eigenvalue weighted by Crippen LogP contribution is 2.23. The van der Waals surface area contributed by atoms with Crippen LogP contribution in [0.2, 0.25) is 0 Å². The summed E-state index contributed by atoms with van der Waals surface area (Å²) < 4.78 is 9.86. The maximum absolute atomic E-state index is 11.7. The smallest absolute Gasteiger partial charge is 0.318 e. The summed E-state index contributed by atoms with van der Waals surface area (Å²) >= 11 is 1.98. The molecule has 6 heteroatoms. The van der Waals surface area contributed by atoms with Gasteiger partial charge in [0.25, 0.3) is 0 Å². The third kappa shape index (κ3) is 5.51. The van der Waals surface area contributed by atoms with E-state index in [1.165, 1.54) is 0 Å². The number of quaternary nitrogens is 1. The molecule has 5 nitrogen and oxygen atoms in total. The Labute approximate surface area is 121 Å². The maximum Gasteiger partial charge on any atom is 0.318 e. The lowest BCUT2D eigenvalue weighted by atomic mass is 9.86. The summed E-state index contributed by atoms with van der Waals surface area (Å²) in [5, 5.41) is 0. The van der Waals surface area contributed by atoms with Crippen molar-refractivity contribution in [1.29, 1.82) is 0 Å². The van der Waals surface area contributed by atoms with Crippen LogP contribution in [0.5, 0.6) is 0 Å². The number of esters is 2. The Kier molecular flexibility index (Phi) is 6.91. The molecule has 1 fully saturated rings. The van der Waals surface area contributed by atoms with Crippen molar-refractivity contribution in [3.05, 3.63) is 0 Å². The van der Waals surface area contributed by atoms with E-state index in [1.807, 2.05) is 22.6 Å². The van der Waals surface area contributed by atoms with Gasteiger partial charge in [-0.3, -0.25) is 9.59 Å². The van der Waals surface area contributed by atoms with Crippen molar-refractivity contribution in [3.63, 3.8) is 0 Å². The van der Waals surface area contributed by atoms with Crippen LogP contribution < -0.4 is 5.73 Å². The summed E-state index contributed by atoms with van der Waals surface area (Å²) in [7, 11) is 0. The molecule has 1 aliphatic rings. The maximum atomic E-state index is 11.7. The van der Waals surface area contributed by atoms with E-state index in [4.69, 9.17) is 9.47 Å². The van der Waals surface area contributed by atoms with Gasteiger partial charge in [0.05, 0.1) is 12.0 Å². The molecular formula is C12H21INO4+. The molecule has 1 atom stereocenters. The largest absolute Gasteiger partial charge is 0.462 e. The second-order valence-corrected chi connectivity index (χ2v) is 6.54. The summed E-state index contributed by atoms with van der Waals surface area (Å²) in [5.41, 5.74) is 3.99. The van der Waals surface area contributed by atoms with Crippen molar-refractivity contribution < 1.29 is 24.8 Å². The number of rotatable bonds is 5. The van der Waals surface area contributed by atoms with Crippen molar-refractivity contribution >= 4 is 34.5 Å². The van der Waals surface area contributed by atoms with Gasteiger partial charge in [-0.15, -0.1) is 0 Å². The van der Waals surface area contributed by atoms with Crippen molar-refractivity contribution in [3.8, 4) is 0 Å². The van der Waals surface area contributed by atoms with Crippen molar-refractivity contribution in [2.75, 3.05) is 13.2 Å². The van der Waals surface area contributed by atoms with Crippen LogP contribution >= 0.6 is 22.6 Å². The predicted molar refractivity (Wildman–Crippen MR) is 74.0 cm³/mol. The lowest BCUT2D eigenvalue weighted by Crippen LogP contribution is -2.62. The summed E-state index contributed by atoms with van der Waals surface area (Å²) in [6.07, 6.45) is 3.69. The Morgan fingerprint density at radius 3 is 2.33 bits per heavy atom. The molecule has 0 heterocycles. The lowest BCUT2D eigenvalue weighted by molar-refractivity contribution is -0.426. The average molecular weight is 370 g/mol. The van der Waals surface area contributed by atoms with Crippen molar-refractivity contribution in [1.82, 2.24) is 0 Å². The minimum absolute atomic E-state index is 0.00204. The molecular weight excluding hydrogens is 349 g/mol. The summed E-state index contributed by atoms with van der Waals surface area (Å²) in [4.78, 5) is 22.8.